The van der Waals surface area contributed by atoms with Gasteiger partial charge in [0.25, 0.3) is 5.92 Å². The minimum Gasteiger partial charge on any atom is -0.464 e. The first kappa shape index (κ1) is 15.6. The molecular weight excluding hydrogens is 324 g/mol. The minimum absolute atomic E-state index is 0.111. The molecule has 2 heterocycles. The van der Waals surface area contributed by atoms with Gasteiger partial charge in [-0.2, -0.15) is 0 Å². The zero-order valence-corrected chi connectivity index (χ0v) is 13.0. The van der Waals surface area contributed by atoms with Crippen LogP contribution in [0.3, 0.4) is 0 Å². The maximum absolute atomic E-state index is 13.3. The molecule has 0 saturated heterocycles. The van der Waals surface area contributed by atoms with E-state index in [1.54, 1.807) is 12.1 Å². The summed E-state index contributed by atoms with van der Waals surface area (Å²) in [6.45, 7) is 0.745. The lowest BCUT2D eigenvalue weighted by Gasteiger charge is -2.11. The van der Waals surface area contributed by atoms with Crippen molar-refractivity contribution >= 4 is 20.8 Å². The summed E-state index contributed by atoms with van der Waals surface area (Å²) < 4.78 is 56.8. The van der Waals surface area contributed by atoms with Crippen LogP contribution in [0, 0.1) is 0 Å². The molecule has 3 rings (SSSR count). The number of hydrogen-bond donors (Lipinski definition) is 0. The van der Waals surface area contributed by atoms with Crippen LogP contribution < -0.4 is 0 Å². The Morgan fingerprint density at radius 2 is 1.96 bits per heavy atom. The molecule has 0 fully saturated rings. The van der Waals surface area contributed by atoms with E-state index in [0.29, 0.717) is 11.0 Å². The van der Waals surface area contributed by atoms with Crippen LogP contribution in [0.1, 0.15) is 18.1 Å². The Balaban J connectivity index is 1.94. The highest BCUT2D eigenvalue weighted by atomic mass is 32.2. The van der Waals surface area contributed by atoms with Crippen LogP contribution in [0.25, 0.3) is 11.0 Å². The number of halogens is 2. The number of fused-ring (bicyclic) bond motifs is 1. The number of pyridine rings is 1. The fourth-order valence-electron chi connectivity index (χ4n) is 2.25. The molecule has 2 aromatic heterocycles. The Labute approximate surface area is 131 Å². The molecule has 23 heavy (non-hydrogen) atoms. The first-order valence-electron chi connectivity index (χ1n) is 6.78. The summed E-state index contributed by atoms with van der Waals surface area (Å²) in [4.78, 5) is 3.82. The Bertz CT molecular complexity index is 959. The molecule has 0 N–H and O–H groups in total. The highest BCUT2D eigenvalue weighted by molar-refractivity contribution is 7.90. The van der Waals surface area contributed by atoms with E-state index in [1.165, 1.54) is 30.7 Å². The molecule has 4 nitrogen and oxygen atoms in total. The maximum atomic E-state index is 13.3. The second-order valence-electron chi connectivity index (χ2n) is 5.35. The first-order chi connectivity index (χ1) is 10.8. The van der Waals surface area contributed by atoms with Crippen molar-refractivity contribution in [1.82, 2.24) is 4.98 Å². The highest BCUT2D eigenvalue weighted by Crippen LogP contribution is 2.28. The van der Waals surface area contributed by atoms with Crippen LogP contribution in [0.15, 0.2) is 58.3 Å². The number of rotatable bonds is 4. The molecule has 0 amide bonds. The standard InChI is InChI=1S/C16H13F2NO3S/c1-16(17,18)13-6-11(8-19-9-13)10-23(20,21)14-2-3-15-12(7-14)4-5-22-15/h2-9H,10H2,1H3. The van der Waals surface area contributed by atoms with Crippen molar-refractivity contribution in [3.05, 3.63) is 60.1 Å². The van der Waals surface area contributed by atoms with Gasteiger partial charge in [0.15, 0.2) is 9.84 Å². The Hall–Kier alpha value is -2.28. The van der Waals surface area contributed by atoms with Gasteiger partial charge in [-0.15, -0.1) is 0 Å². The van der Waals surface area contributed by atoms with Gasteiger partial charge in [-0.05, 0) is 35.9 Å². The van der Waals surface area contributed by atoms with Gasteiger partial charge in [-0.3, -0.25) is 4.98 Å². The smallest absolute Gasteiger partial charge is 0.272 e. The largest absolute Gasteiger partial charge is 0.464 e. The van der Waals surface area contributed by atoms with Crippen molar-refractivity contribution < 1.29 is 21.6 Å². The third-order valence-corrected chi connectivity index (χ3v) is 5.13. The summed E-state index contributed by atoms with van der Waals surface area (Å²) in [5.41, 5.74) is 0.491. The Kier molecular flexibility index (Phi) is 3.68. The average Bonchev–Trinajstić information content (AvgIpc) is 2.93. The number of sulfone groups is 1. The van der Waals surface area contributed by atoms with Gasteiger partial charge in [-0.25, -0.2) is 17.2 Å². The van der Waals surface area contributed by atoms with Crippen LogP contribution in [-0.2, 0) is 21.5 Å². The van der Waals surface area contributed by atoms with Crippen LogP contribution in [0.2, 0.25) is 0 Å². The number of benzene rings is 1. The van der Waals surface area contributed by atoms with Crippen LogP contribution in [-0.4, -0.2) is 13.4 Å². The van der Waals surface area contributed by atoms with E-state index in [0.717, 1.165) is 13.1 Å². The second-order valence-corrected chi connectivity index (χ2v) is 7.34. The number of nitrogens with zero attached hydrogens (tertiary/aromatic N) is 1. The Morgan fingerprint density at radius 1 is 1.17 bits per heavy atom. The molecule has 0 aliphatic carbocycles. The number of hydrogen-bond acceptors (Lipinski definition) is 4. The van der Waals surface area contributed by atoms with Crippen molar-refractivity contribution in [2.75, 3.05) is 0 Å². The van der Waals surface area contributed by atoms with E-state index in [-0.39, 0.29) is 16.0 Å². The molecule has 0 radical (unpaired) electrons. The van der Waals surface area contributed by atoms with Gasteiger partial charge >= 0.3 is 0 Å². The third kappa shape index (κ3) is 3.24. The minimum atomic E-state index is -3.67. The number of aromatic nitrogens is 1. The molecule has 0 aliphatic rings. The molecule has 1 aromatic carbocycles. The lowest BCUT2D eigenvalue weighted by Crippen LogP contribution is -2.10. The summed E-state index contributed by atoms with van der Waals surface area (Å²) >= 11 is 0. The van der Waals surface area contributed by atoms with Gasteiger partial charge in [0.1, 0.15) is 5.58 Å². The molecule has 0 atom stereocenters. The summed E-state index contributed by atoms with van der Waals surface area (Å²) in [6.07, 6.45) is 3.79. The topological polar surface area (TPSA) is 60.2 Å². The summed E-state index contributed by atoms with van der Waals surface area (Å²) in [5.74, 6) is -3.46. The van der Waals surface area contributed by atoms with Crippen molar-refractivity contribution in [3.63, 3.8) is 0 Å². The summed E-state index contributed by atoms with van der Waals surface area (Å²) in [5, 5.41) is 0.665. The van der Waals surface area contributed by atoms with E-state index in [1.807, 2.05) is 0 Å². The van der Waals surface area contributed by atoms with E-state index < -0.39 is 21.5 Å². The van der Waals surface area contributed by atoms with Gasteiger partial charge in [-0.1, -0.05) is 0 Å². The van der Waals surface area contributed by atoms with Gasteiger partial charge in [0, 0.05) is 30.3 Å². The Morgan fingerprint density at radius 3 is 2.70 bits per heavy atom. The van der Waals surface area contributed by atoms with E-state index in [9.17, 15) is 17.2 Å². The molecule has 7 heteroatoms. The molecular formula is C16H13F2NO3S. The van der Waals surface area contributed by atoms with Crippen molar-refractivity contribution in [1.29, 1.82) is 0 Å². The SMILES string of the molecule is CC(F)(F)c1cncc(CS(=O)(=O)c2ccc3occc3c2)c1. The molecule has 0 aliphatic heterocycles. The lowest BCUT2D eigenvalue weighted by molar-refractivity contribution is 0.0170. The van der Waals surface area contributed by atoms with Crippen LogP contribution in [0.5, 0.6) is 0 Å². The molecule has 0 unspecified atom stereocenters. The van der Waals surface area contributed by atoms with E-state index in [4.69, 9.17) is 4.42 Å². The monoisotopic (exact) mass is 337 g/mol. The molecule has 0 spiro atoms. The fraction of sp³-hybridized carbons (Fsp3) is 0.188. The zero-order valence-electron chi connectivity index (χ0n) is 12.2. The maximum Gasteiger partial charge on any atom is 0.272 e. The van der Waals surface area contributed by atoms with Crippen molar-refractivity contribution in [2.24, 2.45) is 0 Å². The van der Waals surface area contributed by atoms with Gasteiger partial charge in [0.05, 0.1) is 16.9 Å². The van der Waals surface area contributed by atoms with Crippen LogP contribution >= 0.6 is 0 Å². The predicted molar refractivity (Wildman–Crippen MR) is 80.9 cm³/mol. The second kappa shape index (κ2) is 5.42. The number of alkyl halides is 2. The summed E-state index contributed by atoms with van der Waals surface area (Å²) in [7, 11) is -3.67. The van der Waals surface area contributed by atoms with Gasteiger partial charge in [0.2, 0.25) is 0 Å². The normalized spacial score (nSPS) is 12.7. The highest BCUT2D eigenvalue weighted by Gasteiger charge is 2.26. The fourth-order valence-corrected chi connectivity index (χ4v) is 3.59. The van der Waals surface area contributed by atoms with Crippen molar-refractivity contribution in [2.45, 2.75) is 23.5 Å². The zero-order chi connectivity index (χ0) is 16.7. The predicted octanol–water partition coefficient (Wildman–Crippen LogP) is 3.91. The van der Waals surface area contributed by atoms with Crippen molar-refractivity contribution in [3.8, 4) is 0 Å². The van der Waals surface area contributed by atoms with E-state index in [2.05, 4.69) is 4.98 Å². The van der Waals surface area contributed by atoms with Gasteiger partial charge < -0.3 is 4.42 Å². The molecule has 120 valence electrons. The number of furan rings is 1. The summed E-state index contributed by atoms with van der Waals surface area (Å²) in [6, 6.07) is 7.33. The molecule has 0 bridgehead atoms. The molecule has 0 saturated carbocycles. The average molecular weight is 337 g/mol. The van der Waals surface area contributed by atoms with Crippen LogP contribution in [0.4, 0.5) is 8.78 Å². The first-order valence-corrected chi connectivity index (χ1v) is 8.43. The molecule has 3 aromatic rings. The quantitative estimate of drug-likeness (QED) is 0.724. The van der Waals surface area contributed by atoms with E-state index >= 15 is 0 Å². The lowest BCUT2D eigenvalue weighted by atomic mass is 10.1. The third-order valence-electron chi connectivity index (χ3n) is 3.44.